The minimum absolute atomic E-state index is 0.0615. The second-order valence-corrected chi connectivity index (χ2v) is 9.43. The second kappa shape index (κ2) is 11.5. The van der Waals surface area contributed by atoms with Crippen LogP contribution in [0.15, 0.2) is 53.9 Å². The van der Waals surface area contributed by atoms with E-state index in [1.54, 1.807) is 11.3 Å². The van der Waals surface area contributed by atoms with Crippen molar-refractivity contribution >= 4 is 34.7 Å². The molecule has 2 aromatic carbocycles. The van der Waals surface area contributed by atoms with Gasteiger partial charge < -0.3 is 15.0 Å². The summed E-state index contributed by atoms with van der Waals surface area (Å²) in [6.45, 7) is 6.70. The predicted molar refractivity (Wildman–Crippen MR) is 135 cm³/mol. The fourth-order valence-corrected chi connectivity index (χ4v) is 4.58. The first-order chi connectivity index (χ1) is 16.1. The molecule has 0 spiro atoms. The molecule has 1 saturated heterocycles. The highest BCUT2D eigenvalue weighted by Crippen LogP contribution is 2.24. The summed E-state index contributed by atoms with van der Waals surface area (Å²) in [6, 6.07) is 15.3. The average molecular weight is 485 g/mol. The van der Waals surface area contributed by atoms with Gasteiger partial charge in [0.1, 0.15) is 10.8 Å². The molecular weight excluding hydrogens is 456 g/mol. The number of carbonyl (C=O) groups excluding carboxylic acids is 1. The van der Waals surface area contributed by atoms with Crippen LogP contribution in [0.1, 0.15) is 24.8 Å². The third-order valence-electron chi connectivity index (χ3n) is 5.58. The largest absolute Gasteiger partial charge is 0.494 e. The number of thiazole rings is 1. The molecule has 1 fully saturated rings. The highest BCUT2D eigenvalue weighted by molar-refractivity contribution is 7.09. The molecule has 0 radical (unpaired) electrons. The third-order valence-corrected chi connectivity index (χ3v) is 6.67. The highest BCUT2D eigenvalue weighted by Gasteiger charge is 2.22. The Bertz CT molecular complexity index is 1030. The van der Waals surface area contributed by atoms with Gasteiger partial charge in [-0.2, -0.15) is 0 Å². The van der Waals surface area contributed by atoms with E-state index in [1.807, 2.05) is 53.4 Å². The van der Waals surface area contributed by atoms with Crippen molar-refractivity contribution in [1.29, 1.82) is 0 Å². The summed E-state index contributed by atoms with van der Waals surface area (Å²) in [5.41, 5.74) is 2.83. The van der Waals surface area contributed by atoms with Crippen LogP contribution >= 0.6 is 22.9 Å². The van der Waals surface area contributed by atoms with E-state index < -0.39 is 0 Å². The van der Waals surface area contributed by atoms with Gasteiger partial charge in [0.15, 0.2) is 0 Å². The van der Waals surface area contributed by atoms with Crippen LogP contribution in [0, 0.1) is 0 Å². The molecule has 1 aromatic heterocycles. The van der Waals surface area contributed by atoms with Crippen LogP contribution in [0.2, 0.25) is 5.02 Å². The number of unbranched alkanes of at least 4 members (excludes halogenated alkanes) is 1. The van der Waals surface area contributed by atoms with Gasteiger partial charge in [0.25, 0.3) is 0 Å². The Labute approximate surface area is 204 Å². The summed E-state index contributed by atoms with van der Waals surface area (Å²) in [4.78, 5) is 21.6. The number of halogens is 1. The number of nitrogens with zero attached hydrogens (tertiary/aromatic N) is 3. The monoisotopic (exact) mass is 484 g/mol. The number of urea groups is 1. The fraction of sp³-hybridized carbons (Fsp3) is 0.360. The van der Waals surface area contributed by atoms with Gasteiger partial charge in [0, 0.05) is 47.8 Å². The average Bonchev–Trinajstić information content (AvgIpc) is 3.30. The number of amides is 2. The van der Waals surface area contributed by atoms with Crippen LogP contribution in [-0.2, 0) is 6.54 Å². The summed E-state index contributed by atoms with van der Waals surface area (Å²) < 4.78 is 5.68. The lowest BCUT2D eigenvalue weighted by molar-refractivity contribution is 0.143. The lowest BCUT2D eigenvalue weighted by Gasteiger charge is -2.34. The molecule has 0 atom stereocenters. The molecule has 4 rings (SSSR count). The number of carbonyl (C=O) groups is 1. The Hall–Kier alpha value is -2.61. The minimum atomic E-state index is -0.0615. The fourth-order valence-electron chi connectivity index (χ4n) is 3.61. The number of rotatable bonds is 8. The quantitative estimate of drug-likeness (QED) is 0.399. The molecule has 0 aliphatic carbocycles. The number of aromatic nitrogens is 1. The Morgan fingerprint density at radius 2 is 1.82 bits per heavy atom. The van der Waals surface area contributed by atoms with Gasteiger partial charge in [-0.1, -0.05) is 37.1 Å². The second-order valence-electron chi connectivity index (χ2n) is 8.05. The number of hydrogen-bond acceptors (Lipinski definition) is 5. The van der Waals surface area contributed by atoms with Crippen molar-refractivity contribution in [2.24, 2.45) is 0 Å². The molecule has 33 heavy (non-hydrogen) atoms. The van der Waals surface area contributed by atoms with E-state index in [2.05, 4.69) is 22.5 Å². The maximum atomic E-state index is 12.7. The number of anilines is 1. The lowest BCUT2D eigenvalue weighted by atomic mass is 10.2. The maximum absolute atomic E-state index is 12.7. The van der Waals surface area contributed by atoms with Gasteiger partial charge in [-0.25, -0.2) is 9.78 Å². The Balaban J connectivity index is 1.22. The molecule has 0 saturated carbocycles. The first-order valence-corrected chi connectivity index (χ1v) is 12.6. The zero-order valence-corrected chi connectivity index (χ0v) is 20.4. The maximum Gasteiger partial charge on any atom is 0.321 e. The van der Waals surface area contributed by atoms with Gasteiger partial charge in [-0.3, -0.25) is 4.90 Å². The molecule has 6 nitrogen and oxygen atoms in total. The van der Waals surface area contributed by atoms with Gasteiger partial charge in [-0.05, 0) is 42.8 Å². The molecule has 0 unspecified atom stereocenters. The number of nitrogens with one attached hydrogen (secondary N) is 1. The molecule has 174 valence electrons. The molecule has 0 bridgehead atoms. The smallest absolute Gasteiger partial charge is 0.321 e. The number of hydrogen-bond donors (Lipinski definition) is 1. The molecule has 1 N–H and O–H groups in total. The van der Waals surface area contributed by atoms with Crippen molar-refractivity contribution in [2.45, 2.75) is 26.3 Å². The zero-order valence-electron chi connectivity index (χ0n) is 18.8. The molecule has 2 heterocycles. The van der Waals surface area contributed by atoms with Crippen molar-refractivity contribution in [1.82, 2.24) is 14.8 Å². The van der Waals surface area contributed by atoms with Crippen molar-refractivity contribution in [3.63, 3.8) is 0 Å². The Kier molecular flexibility index (Phi) is 8.20. The van der Waals surface area contributed by atoms with E-state index in [4.69, 9.17) is 21.3 Å². The van der Waals surface area contributed by atoms with Gasteiger partial charge >= 0.3 is 6.03 Å². The zero-order chi connectivity index (χ0) is 23.0. The van der Waals surface area contributed by atoms with Crippen LogP contribution in [0.3, 0.4) is 0 Å². The molecule has 3 aromatic rings. The molecule has 1 aliphatic heterocycles. The van der Waals surface area contributed by atoms with E-state index in [0.29, 0.717) is 13.1 Å². The van der Waals surface area contributed by atoms with E-state index in [9.17, 15) is 4.79 Å². The van der Waals surface area contributed by atoms with Crippen LogP contribution in [0.25, 0.3) is 11.3 Å². The van der Waals surface area contributed by atoms with Crippen molar-refractivity contribution in [3.05, 3.63) is 63.9 Å². The first-order valence-electron chi connectivity index (χ1n) is 11.3. The van der Waals surface area contributed by atoms with Gasteiger partial charge in [0.05, 0.1) is 18.8 Å². The SMILES string of the molecule is CCCCOc1ccc(NC(=O)N2CCN(Cc3nc(-c4ccc(Cl)cc4)cs3)CC2)cc1. The number of piperazine rings is 1. The van der Waals surface area contributed by atoms with Crippen molar-refractivity contribution in [2.75, 3.05) is 38.1 Å². The molecule has 2 amide bonds. The molecule has 8 heteroatoms. The van der Waals surface area contributed by atoms with E-state index in [0.717, 1.165) is 71.8 Å². The summed E-state index contributed by atoms with van der Waals surface area (Å²) in [7, 11) is 0. The van der Waals surface area contributed by atoms with Crippen LogP contribution < -0.4 is 10.1 Å². The van der Waals surface area contributed by atoms with Gasteiger partial charge in [-0.15, -0.1) is 11.3 Å². The third kappa shape index (κ3) is 6.69. The molecule has 1 aliphatic rings. The topological polar surface area (TPSA) is 57.7 Å². The van der Waals surface area contributed by atoms with E-state index in [1.165, 1.54) is 0 Å². The normalized spacial score (nSPS) is 14.3. The van der Waals surface area contributed by atoms with Crippen LogP contribution in [0.4, 0.5) is 10.5 Å². The van der Waals surface area contributed by atoms with Crippen molar-refractivity contribution < 1.29 is 9.53 Å². The first kappa shape index (κ1) is 23.5. The highest BCUT2D eigenvalue weighted by atomic mass is 35.5. The number of benzene rings is 2. The van der Waals surface area contributed by atoms with E-state index in [-0.39, 0.29) is 6.03 Å². The Morgan fingerprint density at radius 3 is 2.52 bits per heavy atom. The Morgan fingerprint density at radius 1 is 1.09 bits per heavy atom. The summed E-state index contributed by atoms with van der Waals surface area (Å²) in [6.07, 6.45) is 2.15. The van der Waals surface area contributed by atoms with E-state index >= 15 is 0 Å². The summed E-state index contributed by atoms with van der Waals surface area (Å²) in [5.74, 6) is 0.830. The summed E-state index contributed by atoms with van der Waals surface area (Å²) >= 11 is 7.65. The summed E-state index contributed by atoms with van der Waals surface area (Å²) in [5, 5.41) is 6.88. The lowest BCUT2D eigenvalue weighted by Crippen LogP contribution is -2.49. The number of ether oxygens (including phenoxy) is 1. The standard InChI is InChI=1S/C25H29ClN4O2S/c1-2-3-16-32-22-10-8-21(9-11-22)27-25(31)30-14-12-29(13-15-30)17-24-28-23(18-33-24)19-4-6-20(26)7-5-19/h4-11,18H,2-3,12-17H2,1H3,(H,27,31). The minimum Gasteiger partial charge on any atom is -0.494 e. The van der Waals surface area contributed by atoms with Crippen LogP contribution in [0.5, 0.6) is 5.75 Å². The predicted octanol–water partition coefficient (Wildman–Crippen LogP) is 5.99. The van der Waals surface area contributed by atoms with Gasteiger partial charge in [0.2, 0.25) is 0 Å². The van der Waals surface area contributed by atoms with Crippen LogP contribution in [-0.4, -0.2) is 53.6 Å². The molecular formula is C25H29ClN4O2S. The van der Waals surface area contributed by atoms with Crippen molar-refractivity contribution in [3.8, 4) is 17.0 Å².